The second-order valence-electron chi connectivity index (χ2n) is 3.09. The van der Waals surface area contributed by atoms with E-state index in [0.29, 0.717) is 6.61 Å². The number of rotatable bonds is 3. The van der Waals surface area contributed by atoms with E-state index in [4.69, 9.17) is 4.74 Å². The lowest BCUT2D eigenvalue weighted by Crippen LogP contribution is -1.87. The van der Waals surface area contributed by atoms with Gasteiger partial charge in [0, 0.05) is 18.1 Å². The van der Waals surface area contributed by atoms with Crippen LogP contribution in [-0.4, -0.2) is 12.1 Å². The summed E-state index contributed by atoms with van der Waals surface area (Å²) < 4.78 is 17.9. The molecule has 0 amide bonds. The Hall–Kier alpha value is -1.26. The molecular weight excluding hydrogens is 213 g/mol. The molecule has 0 fully saturated rings. The smallest absolute Gasteiger partial charge is 0.123 e. The Kier molecular flexibility index (Phi) is 3.08. The normalized spacial score (nSPS) is 10.5. The third-order valence-electron chi connectivity index (χ3n) is 1.92. The standard InChI is InChI=1S/C11H10FNOS/c1-14-6-10-7-15-11(13-10)8-3-2-4-9(12)5-8/h2-5,7H,6H2,1H3. The lowest BCUT2D eigenvalue weighted by Gasteiger charge is -1.95. The summed E-state index contributed by atoms with van der Waals surface area (Å²) >= 11 is 1.49. The van der Waals surface area contributed by atoms with Crippen molar-refractivity contribution in [3.05, 3.63) is 41.2 Å². The summed E-state index contributed by atoms with van der Waals surface area (Å²) in [6.07, 6.45) is 0. The third-order valence-corrected chi connectivity index (χ3v) is 2.86. The maximum Gasteiger partial charge on any atom is 0.123 e. The molecule has 2 aromatic rings. The fraction of sp³-hybridized carbons (Fsp3) is 0.182. The van der Waals surface area contributed by atoms with E-state index in [1.165, 1.54) is 23.5 Å². The Morgan fingerprint density at radius 2 is 2.33 bits per heavy atom. The van der Waals surface area contributed by atoms with E-state index in [-0.39, 0.29) is 5.82 Å². The monoisotopic (exact) mass is 223 g/mol. The van der Waals surface area contributed by atoms with Crippen molar-refractivity contribution < 1.29 is 9.13 Å². The summed E-state index contributed by atoms with van der Waals surface area (Å²) in [6.45, 7) is 0.492. The maximum absolute atomic E-state index is 13.0. The molecule has 15 heavy (non-hydrogen) atoms. The van der Waals surface area contributed by atoms with Gasteiger partial charge in [-0.1, -0.05) is 12.1 Å². The van der Waals surface area contributed by atoms with Crippen LogP contribution >= 0.6 is 11.3 Å². The first-order valence-corrected chi connectivity index (χ1v) is 5.37. The summed E-state index contributed by atoms with van der Waals surface area (Å²) in [5, 5.41) is 2.74. The van der Waals surface area contributed by atoms with Gasteiger partial charge in [0.15, 0.2) is 0 Å². The molecule has 0 bridgehead atoms. The number of methoxy groups -OCH3 is 1. The number of ether oxygens (including phenoxy) is 1. The zero-order valence-corrected chi connectivity index (χ0v) is 9.05. The van der Waals surface area contributed by atoms with E-state index in [1.807, 2.05) is 11.4 Å². The molecule has 1 aromatic heterocycles. The number of thiazole rings is 1. The van der Waals surface area contributed by atoms with Gasteiger partial charge in [-0.05, 0) is 12.1 Å². The summed E-state index contributed by atoms with van der Waals surface area (Å²) in [5.41, 5.74) is 1.68. The van der Waals surface area contributed by atoms with Gasteiger partial charge in [0.25, 0.3) is 0 Å². The van der Waals surface area contributed by atoms with E-state index >= 15 is 0 Å². The van der Waals surface area contributed by atoms with Gasteiger partial charge >= 0.3 is 0 Å². The van der Waals surface area contributed by atoms with Gasteiger partial charge in [0.05, 0.1) is 12.3 Å². The quantitative estimate of drug-likeness (QED) is 0.797. The minimum absolute atomic E-state index is 0.240. The van der Waals surface area contributed by atoms with Crippen LogP contribution in [0.2, 0.25) is 0 Å². The van der Waals surface area contributed by atoms with Crippen molar-refractivity contribution >= 4 is 11.3 Å². The molecule has 0 aliphatic rings. The lowest BCUT2D eigenvalue weighted by atomic mass is 10.2. The van der Waals surface area contributed by atoms with E-state index in [2.05, 4.69) is 4.98 Å². The van der Waals surface area contributed by atoms with Crippen molar-refractivity contribution in [1.82, 2.24) is 4.98 Å². The zero-order chi connectivity index (χ0) is 10.7. The van der Waals surface area contributed by atoms with Gasteiger partial charge < -0.3 is 4.74 Å². The summed E-state index contributed by atoms with van der Waals surface area (Å²) in [7, 11) is 1.63. The molecule has 78 valence electrons. The summed E-state index contributed by atoms with van der Waals surface area (Å²) in [5.74, 6) is -0.240. The average Bonchev–Trinajstić information content (AvgIpc) is 2.67. The number of hydrogen-bond acceptors (Lipinski definition) is 3. The van der Waals surface area contributed by atoms with Gasteiger partial charge in [-0.25, -0.2) is 9.37 Å². The van der Waals surface area contributed by atoms with Crippen molar-refractivity contribution in [1.29, 1.82) is 0 Å². The minimum Gasteiger partial charge on any atom is -0.378 e. The highest BCUT2D eigenvalue weighted by molar-refractivity contribution is 7.13. The van der Waals surface area contributed by atoms with Crippen LogP contribution in [0.15, 0.2) is 29.6 Å². The van der Waals surface area contributed by atoms with E-state index in [1.54, 1.807) is 13.2 Å². The number of hydrogen-bond donors (Lipinski definition) is 0. The first kappa shape index (κ1) is 10.3. The van der Waals surface area contributed by atoms with Crippen LogP contribution in [-0.2, 0) is 11.3 Å². The first-order chi connectivity index (χ1) is 7.29. The molecule has 0 aliphatic carbocycles. The Morgan fingerprint density at radius 3 is 3.07 bits per heavy atom. The zero-order valence-electron chi connectivity index (χ0n) is 8.24. The highest BCUT2D eigenvalue weighted by Crippen LogP contribution is 2.24. The number of benzene rings is 1. The molecule has 0 aliphatic heterocycles. The number of aromatic nitrogens is 1. The fourth-order valence-corrected chi connectivity index (χ4v) is 2.08. The molecule has 2 nitrogen and oxygen atoms in total. The SMILES string of the molecule is COCc1csc(-c2cccc(F)c2)n1. The average molecular weight is 223 g/mol. The summed E-state index contributed by atoms with van der Waals surface area (Å²) in [6, 6.07) is 6.43. The molecular formula is C11H10FNOS. The van der Waals surface area contributed by atoms with Gasteiger partial charge in [0.2, 0.25) is 0 Å². The largest absolute Gasteiger partial charge is 0.378 e. The predicted molar refractivity (Wildman–Crippen MR) is 58.2 cm³/mol. The second kappa shape index (κ2) is 4.51. The minimum atomic E-state index is -0.240. The van der Waals surface area contributed by atoms with Crippen LogP contribution in [0.5, 0.6) is 0 Å². The van der Waals surface area contributed by atoms with Crippen molar-refractivity contribution in [2.75, 3.05) is 7.11 Å². The first-order valence-electron chi connectivity index (χ1n) is 4.49. The Bertz CT molecular complexity index is 455. The molecule has 0 N–H and O–H groups in total. The molecule has 1 heterocycles. The van der Waals surface area contributed by atoms with Crippen LogP contribution in [0.1, 0.15) is 5.69 Å². The van der Waals surface area contributed by atoms with Crippen LogP contribution in [0.3, 0.4) is 0 Å². The number of nitrogens with zero attached hydrogens (tertiary/aromatic N) is 1. The summed E-state index contributed by atoms with van der Waals surface area (Å²) in [4.78, 5) is 4.34. The Morgan fingerprint density at radius 1 is 1.47 bits per heavy atom. The van der Waals surface area contributed by atoms with E-state index < -0.39 is 0 Å². The molecule has 0 unspecified atom stereocenters. The fourth-order valence-electron chi connectivity index (χ4n) is 1.28. The van der Waals surface area contributed by atoms with E-state index in [0.717, 1.165) is 16.3 Å². The van der Waals surface area contributed by atoms with Crippen molar-refractivity contribution in [2.45, 2.75) is 6.61 Å². The van der Waals surface area contributed by atoms with Crippen molar-refractivity contribution in [3.8, 4) is 10.6 Å². The molecule has 0 saturated heterocycles. The topological polar surface area (TPSA) is 22.1 Å². The highest BCUT2D eigenvalue weighted by Gasteiger charge is 2.04. The van der Waals surface area contributed by atoms with Gasteiger partial charge in [0.1, 0.15) is 10.8 Å². The maximum atomic E-state index is 13.0. The molecule has 0 saturated carbocycles. The number of halogens is 1. The molecule has 4 heteroatoms. The van der Waals surface area contributed by atoms with Crippen molar-refractivity contribution in [3.63, 3.8) is 0 Å². The molecule has 1 aromatic carbocycles. The second-order valence-corrected chi connectivity index (χ2v) is 3.95. The van der Waals surface area contributed by atoms with Crippen molar-refractivity contribution in [2.24, 2.45) is 0 Å². The Balaban J connectivity index is 2.29. The van der Waals surface area contributed by atoms with Crippen LogP contribution in [0.25, 0.3) is 10.6 Å². The Labute approximate surface area is 91.4 Å². The molecule has 0 atom stereocenters. The van der Waals surface area contributed by atoms with E-state index in [9.17, 15) is 4.39 Å². The lowest BCUT2D eigenvalue weighted by molar-refractivity contribution is 0.182. The highest BCUT2D eigenvalue weighted by atomic mass is 32.1. The molecule has 0 spiro atoms. The van der Waals surface area contributed by atoms with Gasteiger partial charge in [-0.2, -0.15) is 0 Å². The molecule has 0 radical (unpaired) electrons. The van der Waals surface area contributed by atoms with Crippen LogP contribution in [0.4, 0.5) is 4.39 Å². The third kappa shape index (κ3) is 2.40. The molecule has 2 rings (SSSR count). The van der Waals surface area contributed by atoms with Crippen LogP contribution < -0.4 is 0 Å². The van der Waals surface area contributed by atoms with Gasteiger partial charge in [-0.3, -0.25) is 0 Å². The van der Waals surface area contributed by atoms with Crippen LogP contribution in [0, 0.1) is 5.82 Å². The predicted octanol–water partition coefficient (Wildman–Crippen LogP) is 3.10. The van der Waals surface area contributed by atoms with Gasteiger partial charge in [-0.15, -0.1) is 11.3 Å².